The molecule has 2 aromatic carbocycles. The van der Waals surface area contributed by atoms with Crippen molar-refractivity contribution >= 4 is 27.8 Å². The van der Waals surface area contributed by atoms with Crippen molar-refractivity contribution in [3.63, 3.8) is 0 Å². The Morgan fingerprint density at radius 3 is 2.63 bits per heavy atom. The van der Waals surface area contributed by atoms with E-state index in [2.05, 4.69) is 20.8 Å². The molecule has 0 aliphatic carbocycles. The van der Waals surface area contributed by atoms with E-state index in [4.69, 9.17) is 0 Å². The van der Waals surface area contributed by atoms with Crippen molar-refractivity contribution in [2.75, 3.05) is 0 Å². The van der Waals surface area contributed by atoms with Crippen LogP contribution < -0.4 is 0 Å². The van der Waals surface area contributed by atoms with Gasteiger partial charge in [-0.3, -0.25) is 5.10 Å². The van der Waals surface area contributed by atoms with Gasteiger partial charge in [-0.25, -0.2) is 9.18 Å². The number of H-pyrrole nitrogens is 1. The number of aromatic carboxylic acids is 1. The molecule has 7 heteroatoms. The van der Waals surface area contributed by atoms with Gasteiger partial charge in [0.1, 0.15) is 5.83 Å². The number of aromatic amines is 1. The maximum atomic E-state index is 14.8. The smallest absolute Gasteiger partial charge is 0.335 e. The molecule has 4 rings (SSSR count). The topological polar surface area (TPSA) is 94.7 Å². The Balaban J connectivity index is 2.12. The van der Waals surface area contributed by atoms with Gasteiger partial charge in [0.15, 0.2) is 0 Å². The number of aromatic nitrogens is 3. The predicted octanol–water partition coefficient (Wildman–Crippen LogP) is 6.89. The van der Waals surface area contributed by atoms with Crippen molar-refractivity contribution in [3.8, 4) is 17.2 Å². The minimum atomic E-state index is -0.997. The number of nitrogens with zero attached hydrogens (tertiary/aromatic N) is 3. The van der Waals surface area contributed by atoms with E-state index in [1.807, 2.05) is 26.0 Å². The van der Waals surface area contributed by atoms with Gasteiger partial charge in [-0.1, -0.05) is 32.1 Å². The average Bonchev–Trinajstić information content (AvgIpc) is 3.40. The number of halogens is 1. The number of nitriles is 1. The van der Waals surface area contributed by atoms with Crippen LogP contribution in [0.15, 0.2) is 66.1 Å². The molecule has 0 aliphatic rings. The van der Waals surface area contributed by atoms with Crippen molar-refractivity contribution in [2.45, 2.75) is 46.1 Å². The maximum Gasteiger partial charge on any atom is 0.335 e. The van der Waals surface area contributed by atoms with E-state index >= 15 is 0 Å². The summed E-state index contributed by atoms with van der Waals surface area (Å²) in [6, 6.07) is 13.1. The molecule has 0 saturated heterocycles. The second kappa shape index (κ2) is 9.22. The zero-order valence-electron chi connectivity index (χ0n) is 20.2. The van der Waals surface area contributed by atoms with Crippen LogP contribution in [0.2, 0.25) is 0 Å². The number of benzene rings is 2. The lowest BCUT2D eigenvalue weighted by Crippen LogP contribution is -2.23. The number of hydrogen-bond acceptors (Lipinski definition) is 3. The van der Waals surface area contributed by atoms with Crippen LogP contribution >= 0.6 is 0 Å². The minimum absolute atomic E-state index is 0.193. The SMILES string of the molecule is C/C=C\C(F)=C(/C)Cn1c(C(C)(C)CC#N)c(-c2ccc(C(=O)O)cc2)c2cc3[nH]ncc3cc21. The molecule has 0 spiro atoms. The van der Waals surface area contributed by atoms with Crippen LogP contribution in [0.5, 0.6) is 0 Å². The molecule has 178 valence electrons. The van der Waals surface area contributed by atoms with E-state index in [1.165, 1.54) is 6.08 Å². The molecule has 0 fully saturated rings. The molecule has 0 atom stereocenters. The van der Waals surface area contributed by atoms with Gasteiger partial charge in [-0.2, -0.15) is 10.4 Å². The summed E-state index contributed by atoms with van der Waals surface area (Å²) >= 11 is 0. The third-order valence-electron chi connectivity index (χ3n) is 6.32. The molecular weight excluding hydrogens is 443 g/mol. The van der Waals surface area contributed by atoms with Crippen molar-refractivity contribution in [1.29, 1.82) is 5.26 Å². The number of nitrogens with one attached hydrogen (secondary N) is 1. The maximum absolute atomic E-state index is 14.8. The summed E-state index contributed by atoms with van der Waals surface area (Å²) < 4.78 is 16.8. The molecule has 0 amide bonds. The lowest BCUT2D eigenvalue weighted by Gasteiger charge is -2.27. The van der Waals surface area contributed by atoms with Gasteiger partial charge in [0.25, 0.3) is 0 Å². The number of rotatable bonds is 7. The van der Waals surface area contributed by atoms with Gasteiger partial charge in [0.05, 0.1) is 23.3 Å². The number of hydrogen-bond donors (Lipinski definition) is 2. The first kappa shape index (κ1) is 24.0. The third-order valence-corrected chi connectivity index (χ3v) is 6.32. The summed E-state index contributed by atoms with van der Waals surface area (Å²) in [5, 5.41) is 28.0. The van der Waals surface area contributed by atoms with Gasteiger partial charge in [-0.15, -0.1) is 0 Å². The number of carbonyl (C=O) groups is 1. The van der Waals surface area contributed by atoms with Crippen molar-refractivity contribution in [2.24, 2.45) is 0 Å². The third kappa shape index (κ3) is 4.35. The number of allylic oxidation sites excluding steroid dienone is 4. The fourth-order valence-corrected chi connectivity index (χ4v) is 4.61. The lowest BCUT2D eigenvalue weighted by atomic mass is 9.81. The molecule has 35 heavy (non-hydrogen) atoms. The Morgan fingerprint density at radius 1 is 1.29 bits per heavy atom. The van der Waals surface area contributed by atoms with Crippen molar-refractivity contribution in [1.82, 2.24) is 14.8 Å². The highest BCUT2D eigenvalue weighted by molar-refractivity contribution is 6.05. The second-order valence-electron chi connectivity index (χ2n) is 9.37. The Labute approximate surface area is 203 Å². The van der Waals surface area contributed by atoms with E-state index in [9.17, 15) is 19.6 Å². The van der Waals surface area contributed by atoms with Crippen molar-refractivity contribution < 1.29 is 14.3 Å². The minimum Gasteiger partial charge on any atom is -0.478 e. The normalized spacial score (nSPS) is 12.9. The van der Waals surface area contributed by atoms with Crippen LogP contribution in [0.3, 0.4) is 0 Å². The molecule has 4 aromatic rings. The molecule has 0 saturated carbocycles. The summed E-state index contributed by atoms with van der Waals surface area (Å²) in [7, 11) is 0. The van der Waals surface area contributed by atoms with Gasteiger partial charge in [0.2, 0.25) is 0 Å². The molecule has 0 radical (unpaired) electrons. The number of fused-ring (bicyclic) bond motifs is 2. The molecule has 0 aliphatic heterocycles. The van der Waals surface area contributed by atoms with Crippen LogP contribution in [-0.2, 0) is 12.0 Å². The molecule has 6 nitrogen and oxygen atoms in total. The largest absolute Gasteiger partial charge is 0.478 e. The molecule has 2 heterocycles. The van der Waals surface area contributed by atoms with E-state index in [-0.39, 0.29) is 17.8 Å². The fraction of sp³-hybridized carbons (Fsp3) is 0.250. The summed E-state index contributed by atoms with van der Waals surface area (Å²) in [5.41, 5.74) is 4.55. The first-order chi connectivity index (χ1) is 16.7. The van der Waals surface area contributed by atoms with Crippen LogP contribution in [0.1, 0.15) is 50.2 Å². The second-order valence-corrected chi connectivity index (χ2v) is 9.37. The molecule has 0 bridgehead atoms. The highest BCUT2D eigenvalue weighted by atomic mass is 19.1. The molecule has 2 aromatic heterocycles. The van der Waals surface area contributed by atoms with E-state index in [0.29, 0.717) is 12.1 Å². The molecule has 2 N–H and O–H groups in total. The zero-order chi connectivity index (χ0) is 25.3. The Bertz CT molecular complexity index is 1530. The number of carboxylic acids is 1. The Morgan fingerprint density at radius 2 is 2.00 bits per heavy atom. The predicted molar refractivity (Wildman–Crippen MR) is 136 cm³/mol. The highest BCUT2D eigenvalue weighted by Crippen LogP contribution is 2.44. The number of carboxylic acid groups (broad SMARTS) is 1. The van der Waals surface area contributed by atoms with E-state index < -0.39 is 11.4 Å². The van der Waals surface area contributed by atoms with E-state index in [0.717, 1.165) is 38.6 Å². The van der Waals surface area contributed by atoms with Gasteiger partial charge in [0, 0.05) is 45.9 Å². The van der Waals surface area contributed by atoms with E-state index in [1.54, 1.807) is 50.4 Å². The van der Waals surface area contributed by atoms with Gasteiger partial charge in [-0.05, 0) is 55.3 Å². The summed E-state index contributed by atoms with van der Waals surface area (Å²) in [4.78, 5) is 11.4. The van der Waals surface area contributed by atoms with Gasteiger partial charge >= 0.3 is 5.97 Å². The Hall–Kier alpha value is -4.18. The van der Waals surface area contributed by atoms with Crippen LogP contribution in [0.25, 0.3) is 32.9 Å². The Kier molecular flexibility index (Phi) is 6.31. The highest BCUT2D eigenvalue weighted by Gasteiger charge is 2.31. The molecule has 0 unspecified atom stereocenters. The summed E-state index contributed by atoms with van der Waals surface area (Å²) in [5.74, 6) is -1.29. The summed E-state index contributed by atoms with van der Waals surface area (Å²) in [6.45, 7) is 7.84. The monoisotopic (exact) mass is 470 g/mol. The quantitative estimate of drug-likeness (QED) is 0.287. The van der Waals surface area contributed by atoms with Crippen molar-refractivity contribution in [3.05, 3.63) is 77.4 Å². The van der Waals surface area contributed by atoms with Crippen LogP contribution in [0, 0.1) is 11.3 Å². The first-order valence-electron chi connectivity index (χ1n) is 11.4. The van der Waals surface area contributed by atoms with Crippen LogP contribution in [0.4, 0.5) is 4.39 Å². The first-order valence-corrected chi connectivity index (χ1v) is 11.4. The zero-order valence-corrected chi connectivity index (χ0v) is 20.2. The lowest BCUT2D eigenvalue weighted by molar-refractivity contribution is 0.0697. The summed E-state index contributed by atoms with van der Waals surface area (Å²) in [6.07, 6.45) is 5.11. The van der Waals surface area contributed by atoms with Crippen LogP contribution in [-0.4, -0.2) is 25.8 Å². The fourth-order valence-electron chi connectivity index (χ4n) is 4.61. The average molecular weight is 471 g/mol. The molecular formula is C28H27FN4O2. The standard InChI is InChI=1S/C28H27FN4O2/c1-5-6-22(29)17(2)16-33-24-13-20-15-31-32-23(20)14-21(24)25(26(33)28(3,4)11-12-30)18-7-9-19(10-8-18)27(34)35/h5-10,13-15H,11,16H2,1-4H3,(H,31,32)(H,34,35)/b6-5-,22-17-. The van der Waals surface area contributed by atoms with Gasteiger partial charge < -0.3 is 9.67 Å².